The highest BCUT2D eigenvalue weighted by atomic mass is 19.1. The van der Waals surface area contributed by atoms with E-state index in [0.29, 0.717) is 22.3 Å². The van der Waals surface area contributed by atoms with Gasteiger partial charge in [0.1, 0.15) is 29.9 Å². The summed E-state index contributed by atoms with van der Waals surface area (Å²) in [5, 5.41) is 38.1. The van der Waals surface area contributed by atoms with Crippen LogP contribution in [0.1, 0.15) is 17.2 Å². The first-order chi connectivity index (χ1) is 10.8. The van der Waals surface area contributed by atoms with Crippen LogP contribution in [-0.4, -0.2) is 39.2 Å². The van der Waals surface area contributed by atoms with E-state index in [1.807, 2.05) is 0 Å². The van der Waals surface area contributed by atoms with E-state index in [0.717, 1.165) is 6.07 Å². The van der Waals surface area contributed by atoms with Gasteiger partial charge in [-0.05, 0) is 41.3 Å². The number of aliphatic hydroxyl groups excluding tert-OH is 4. The Kier molecular flexibility index (Phi) is 5.43. The van der Waals surface area contributed by atoms with Crippen molar-refractivity contribution in [3.63, 3.8) is 0 Å². The van der Waals surface area contributed by atoms with Crippen molar-refractivity contribution in [1.29, 1.82) is 0 Å². The number of hydrogen-bond acceptors (Lipinski definition) is 4. The maximum absolute atomic E-state index is 13.3. The first-order valence-electron chi connectivity index (χ1n) is 7.05. The standard InChI is InChI=1S/C17H18F2O4/c1-9-4-10(11-5-12(18)7-13(19)6-11)2-3-14(9)16(22)17(23)15(21)8-20/h2-7,15-17,20-23H,8H2,1H3/t15-,16-,17?/m1/s1. The Balaban J connectivity index is 2.34. The van der Waals surface area contributed by atoms with Gasteiger partial charge in [-0.15, -0.1) is 0 Å². The fraction of sp³-hybridized carbons (Fsp3) is 0.294. The second-order valence-corrected chi connectivity index (χ2v) is 5.41. The van der Waals surface area contributed by atoms with Crippen molar-refractivity contribution in [2.24, 2.45) is 0 Å². The van der Waals surface area contributed by atoms with Crippen LogP contribution in [0.25, 0.3) is 11.1 Å². The molecule has 0 radical (unpaired) electrons. The lowest BCUT2D eigenvalue weighted by molar-refractivity contribution is -0.0778. The summed E-state index contributed by atoms with van der Waals surface area (Å²) in [6.07, 6.45) is -4.41. The second kappa shape index (κ2) is 7.14. The third-order valence-corrected chi connectivity index (χ3v) is 3.69. The number of hydrogen-bond donors (Lipinski definition) is 4. The Morgan fingerprint density at radius 3 is 2.04 bits per heavy atom. The van der Waals surface area contributed by atoms with E-state index in [9.17, 15) is 24.1 Å². The Morgan fingerprint density at radius 2 is 1.52 bits per heavy atom. The topological polar surface area (TPSA) is 80.9 Å². The largest absolute Gasteiger partial charge is 0.394 e. The van der Waals surface area contributed by atoms with Crippen LogP contribution in [0, 0.1) is 18.6 Å². The van der Waals surface area contributed by atoms with Gasteiger partial charge in [0.15, 0.2) is 0 Å². The Hall–Kier alpha value is -1.86. The zero-order valence-electron chi connectivity index (χ0n) is 12.4. The highest BCUT2D eigenvalue weighted by Crippen LogP contribution is 2.28. The minimum atomic E-state index is -1.55. The molecule has 0 aliphatic rings. The highest BCUT2D eigenvalue weighted by molar-refractivity contribution is 5.65. The predicted molar refractivity (Wildman–Crippen MR) is 80.6 cm³/mol. The van der Waals surface area contributed by atoms with Crippen LogP contribution in [0.2, 0.25) is 0 Å². The van der Waals surface area contributed by atoms with Crippen molar-refractivity contribution in [3.8, 4) is 11.1 Å². The number of aryl methyl sites for hydroxylation is 1. The van der Waals surface area contributed by atoms with Crippen molar-refractivity contribution in [3.05, 3.63) is 59.2 Å². The van der Waals surface area contributed by atoms with Crippen LogP contribution in [-0.2, 0) is 0 Å². The second-order valence-electron chi connectivity index (χ2n) is 5.41. The molecule has 2 rings (SSSR count). The quantitative estimate of drug-likeness (QED) is 0.675. The molecule has 2 aromatic carbocycles. The van der Waals surface area contributed by atoms with Crippen LogP contribution in [0.5, 0.6) is 0 Å². The number of benzene rings is 2. The number of rotatable bonds is 5. The molecule has 3 atom stereocenters. The average Bonchev–Trinajstić information content (AvgIpc) is 2.51. The van der Waals surface area contributed by atoms with Gasteiger partial charge in [0.05, 0.1) is 6.61 Å². The van der Waals surface area contributed by atoms with Crippen molar-refractivity contribution >= 4 is 0 Å². The summed E-state index contributed by atoms with van der Waals surface area (Å²) >= 11 is 0. The molecule has 1 unspecified atom stereocenters. The molecule has 2 aromatic rings. The minimum absolute atomic E-state index is 0.350. The van der Waals surface area contributed by atoms with E-state index in [-0.39, 0.29) is 0 Å². The molecule has 0 saturated heterocycles. The van der Waals surface area contributed by atoms with Gasteiger partial charge >= 0.3 is 0 Å². The fourth-order valence-electron chi connectivity index (χ4n) is 2.41. The lowest BCUT2D eigenvalue weighted by Gasteiger charge is -2.23. The normalized spacial score (nSPS) is 15.3. The van der Waals surface area contributed by atoms with Gasteiger partial charge in [0.2, 0.25) is 0 Å². The lowest BCUT2D eigenvalue weighted by atomic mass is 9.93. The molecule has 0 aliphatic carbocycles. The molecular formula is C17H18F2O4. The van der Waals surface area contributed by atoms with Crippen molar-refractivity contribution < 1.29 is 29.2 Å². The summed E-state index contributed by atoms with van der Waals surface area (Å²) in [5.41, 5.74) is 1.83. The van der Waals surface area contributed by atoms with Crippen molar-refractivity contribution in [2.45, 2.75) is 25.2 Å². The van der Waals surface area contributed by atoms with Gasteiger partial charge in [-0.1, -0.05) is 18.2 Å². The molecule has 124 valence electrons. The molecule has 0 amide bonds. The van der Waals surface area contributed by atoms with Gasteiger partial charge in [-0.2, -0.15) is 0 Å². The van der Waals surface area contributed by atoms with Crippen LogP contribution < -0.4 is 0 Å². The maximum atomic E-state index is 13.3. The molecule has 4 nitrogen and oxygen atoms in total. The van der Waals surface area contributed by atoms with Gasteiger partial charge in [0.25, 0.3) is 0 Å². The highest BCUT2D eigenvalue weighted by Gasteiger charge is 2.26. The van der Waals surface area contributed by atoms with E-state index >= 15 is 0 Å². The summed E-state index contributed by atoms with van der Waals surface area (Å²) in [7, 11) is 0. The summed E-state index contributed by atoms with van der Waals surface area (Å²) < 4.78 is 26.6. The average molecular weight is 324 g/mol. The van der Waals surface area contributed by atoms with E-state index in [1.54, 1.807) is 19.1 Å². The molecule has 0 aliphatic heterocycles. The summed E-state index contributed by atoms with van der Waals surface area (Å²) in [6, 6.07) is 7.84. The molecule has 0 heterocycles. The van der Waals surface area contributed by atoms with Crippen LogP contribution >= 0.6 is 0 Å². The monoisotopic (exact) mass is 324 g/mol. The first kappa shape index (κ1) is 17.5. The van der Waals surface area contributed by atoms with E-state index in [4.69, 9.17) is 5.11 Å². The molecule has 4 N–H and O–H groups in total. The fourth-order valence-corrected chi connectivity index (χ4v) is 2.41. The molecule has 6 heteroatoms. The molecular weight excluding hydrogens is 306 g/mol. The first-order valence-corrected chi connectivity index (χ1v) is 7.05. The van der Waals surface area contributed by atoms with Gasteiger partial charge in [0, 0.05) is 6.07 Å². The Bertz CT molecular complexity index is 670. The number of halogens is 2. The summed E-state index contributed by atoms with van der Waals surface area (Å²) in [5.74, 6) is -1.38. The van der Waals surface area contributed by atoms with Gasteiger partial charge in [-0.25, -0.2) is 8.78 Å². The smallest absolute Gasteiger partial charge is 0.126 e. The van der Waals surface area contributed by atoms with E-state index in [2.05, 4.69) is 0 Å². The molecule has 0 bridgehead atoms. The predicted octanol–water partition coefficient (Wildman–Crippen LogP) is 1.69. The molecule has 0 spiro atoms. The van der Waals surface area contributed by atoms with Crippen LogP contribution in [0.4, 0.5) is 8.78 Å². The third-order valence-electron chi connectivity index (χ3n) is 3.69. The zero-order chi connectivity index (χ0) is 17.1. The zero-order valence-corrected chi connectivity index (χ0v) is 12.4. The maximum Gasteiger partial charge on any atom is 0.126 e. The van der Waals surface area contributed by atoms with Crippen molar-refractivity contribution in [1.82, 2.24) is 0 Å². The van der Waals surface area contributed by atoms with Gasteiger partial charge in [-0.3, -0.25) is 0 Å². The van der Waals surface area contributed by atoms with Crippen LogP contribution in [0.15, 0.2) is 36.4 Å². The van der Waals surface area contributed by atoms with E-state index in [1.165, 1.54) is 18.2 Å². The SMILES string of the molecule is Cc1cc(-c2cc(F)cc(F)c2)ccc1[C@@H](O)C(O)[C@H](O)CO. The molecule has 0 saturated carbocycles. The Labute approximate surface area is 132 Å². The molecule has 23 heavy (non-hydrogen) atoms. The number of aliphatic hydroxyl groups is 4. The summed E-state index contributed by atoms with van der Waals surface area (Å²) in [6.45, 7) is 0.980. The Morgan fingerprint density at radius 1 is 0.913 bits per heavy atom. The van der Waals surface area contributed by atoms with Crippen LogP contribution in [0.3, 0.4) is 0 Å². The van der Waals surface area contributed by atoms with Crippen molar-refractivity contribution in [2.75, 3.05) is 6.61 Å². The van der Waals surface area contributed by atoms with E-state index < -0.39 is 36.6 Å². The lowest BCUT2D eigenvalue weighted by Crippen LogP contribution is -2.35. The third kappa shape index (κ3) is 3.92. The summed E-state index contributed by atoms with van der Waals surface area (Å²) in [4.78, 5) is 0. The molecule has 0 fully saturated rings. The van der Waals surface area contributed by atoms with Gasteiger partial charge < -0.3 is 20.4 Å². The molecule has 0 aromatic heterocycles. The minimum Gasteiger partial charge on any atom is -0.394 e.